The summed E-state index contributed by atoms with van der Waals surface area (Å²) >= 11 is 1.44. The molecule has 2 aromatic rings. The third-order valence-electron chi connectivity index (χ3n) is 5.80. The van der Waals surface area contributed by atoms with Gasteiger partial charge in [-0.15, -0.1) is 0 Å². The van der Waals surface area contributed by atoms with Crippen molar-refractivity contribution < 1.29 is 34.2 Å². The number of phenols is 1. The van der Waals surface area contributed by atoms with Crippen molar-refractivity contribution in [2.75, 3.05) is 25.1 Å². The van der Waals surface area contributed by atoms with Gasteiger partial charge in [-0.3, -0.25) is 19.2 Å². The SMILES string of the molecule is CSCC[C@H](NC(=O)[C@H](Cc1ccccc1)NC(=O)[C@H](Cc1ccc(O)cc1)NC(=O)CNC(=O)CN)C(=O)O. The lowest BCUT2D eigenvalue weighted by molar-refractivity contribution is -0.142. The molecule has 0 aliphatic heterocycles. The van der Waals surface area contributed by atoms with Gasteiger partial charge in [-0.2, -0.15) is 11.8 Å². The number of aliphatic carboxylic acids is 1. The number of aromatic hydroxyl groups is 1. The van der Waals surface area contributed by atoms with Crippen LogP contribution >= 0.6 is 11.8 Å². The lowest BCUT2D eigenvalue weighted by Crippen LogP contribution is -2.57. The van der Waals surface area contributed by atoms with Crippen molar-refractivity contribution in [1.82, 2.24) is 21.3 Å². The quantitative estimate of drug-likeness (QED) is 0.139. The van der Waals surface area contributed by atoms with Crippen LogP contribution in [0.4, 0.5) is 0 Å². The average Bonchev–Trinajstić information content (AvgIpc) is 2.94. The van der Waals surface area contributed by atoms with E-state index in [1.807, 2.05) is 6.26 Å². The van der Waals surface area contributed by atoms with Gasteiger partial charge in [0.05, 0.1) is 13.1 Å². The number of phenolic OH excluding ortho intramolecular Hbond substituents is 1. The summed E-state index contributed by atoms with van der Waals surface area (Å²) in [5.41, 5.74) is 6.58. The van der Waals surface area contributed by atoms with E-state index in [0.29, 0.717) is 11.3 Å². The molecule has 2 aromatic carbocycles. The first-order valence-electron chi connectivity index (χ1n) is 12.5. The van der Waals surface area contributed by atoms with Crippen LogP contribution in [0.2, 0.25) is 0 Å². The highest BCUT2D eigenvalue weighted by Gasteiger charge is 2.30. The minimum absolute atomic E-state index is 0.00778. The Morgan fingerprint density at radius 1 is 0.800 bits per heavy atom. The van der Waals surface area contributed by atoms with Crippen molar-refractivity contribution in [2.45, 2.75) is 37.4 Å². The second-order valence-corrected chi connectivity index (χ2v) is 9.89. The zero-order chi connectivity index (χ0) is 29.5. The van der Waals surface area contributed by atoms with Crippen molar-refractivity contribution in [2.24, 2.45) is 5.73 Å². The van der Waals surface area contributed by atoms with E-state index in [9.17, 15) is 34.2 Å². The van der Waals surface area contributed by atoms with Crippen LogP contribution in [0.15, 0.2) is 54.6 Å². The first-order valence-corrected chi connectivity index (χ1v) is 13.9. The van der Waals surface area contributed by atoms with E-state index in [4.69, 9.17) is 5.73 Å². The molecule has 40 heavy (non-hydrogen) atoms. The molecule has 0 fully saturated rings. The molecular formula is C27H35N5O7S. The molecule has 2 rings (SSSR count). The van der Waals surface area contributed by atoms with Crippen molar-refractivity contribution >= 4 is 41.4 Å². The fraction of sp³-hybridized carbons (Fsp3) is 0.370. The number of nitrogens with two attached hydrogens (primary N) is 1. The minimum atomic E-state index is -1.19. The van der Waals surface area contributed by atoms with E-state index in [2.05, 4.69) is 21.3 Å². The molecule has 0 unspecified atom stereocenters. The smallest absolute Gasteiger partial charge is 0.326 e. The Morgan fingerprint density at radius 3 is 1.90 bits per heavy atom. The number of carboxylic acid groups (broad SMARTS) is 1. The fourth-order valence-electron chi connectivity index (χ4n) is 3.67. The maximum Gasteiger partial charge on any atom is 0.326 e. The van der Waals surface area contributed by atoms with Gasteiger partial charge in [-0.25, -0.2) is 4.79 Å². The molecule has 216 valence electrons. The number of hydrogen-bond donors (Lipinski definition) is 7. The van der Waals surface area contributed by atoms with E-state index in [1.54, 1.807) is 42.5 Å². The minimum Gasteiger partial charge on any atom is -0.508 e. The summed E-state index contributed by atoms with van der Waals surface area (Å²) in [5.74, 6) is -3.25. The number of benzene rings is 2. The van der Waals surface area contributed by atoms with Gasteiger partial charge in [0.15, 0.2) is 0 Å². The highest BCUT2D eigenvalue weighted by atomic mass is 32.2. The number of nitrogens with one attached hydrogen (secondary N) is 4. The summed E-state index contributed by atoms with van der Waals surface area (Å²) in [4.78, 5) is 62.4. The molecule has 13 heteroatoms. The topological polar surface area (TPSA) is 200 Å². The molecule has 0 spiro atoms. The number of thioether (sulfide) groups is 1. The number of amides is 4. The first kappa shape index (κ1) is 32.1. The fourth-order valence-corrected chi connectivity index (χ4v) is 4.14. The van der Waals surface area contributed by atoms with Crippen LogP contribution in [0.3, 0.4) is 0 Å². The van der Waals surface area contributed by atoms with Gasteiger partial charge in [0.25, 0.3) is 0 Å². The average molecular weight is 574 g/mol. The zero-order valence-electron chi connectivity index (χ0n) is 22.1. The second-order valence-electron chi connectivity index (χ2n) is 8.90. The van der Waals surface area contributed by atoms with Crippen LogP contribution in [0, 0.1) is 0 Å². The Bertz CT molecular complexity index is 1150. The molecule has 0 bridgehead atoms. The van der Waals surface area contributed by atoms with E-state index in [-0.39, 0.29) is 31.6 Å². The van der Waals surface area contributed by atoms with Crippen LogP contribution in [0.25, 0.3) is 0 Å². The summed E-state index contributed by atoms with van der Waals surface area (Å²) in [5, 5.41) is 29.2. The van der Waals surface area contributed by atoms with Gasteiger partial charge < -0.3 is 37.2 Å². The van der Waals surface area contributed by atoms with Crippen molar-refractivity contribution in [3.63, 3.8) is 0 Å². The normalized spacial score (nSPS) is 12.8. The van der Waals surface area contributed by atoms with Crippen LogP contribution in [0.1, 0.15) is 17.5 Å². The number of carboxylic acids is 1. The number of rotatable bonds is 16. The first-order chi connectivity index (χ1) is 19.1. The third kappa shape index (κ3) is 11.3. The molecule has 0 aliphatic carbocycles. The number of carbonyl (C=O) groups excluding carboxylic acids is 4. The Labute approximate surface area is 236 Å². The van der Waals surface area contributed by atoms with Gasteiger partial charge in [0, 0.05) is 12.8 Å². The standard InChI is InChI=1S/C27H35N5O7S/c1-40-12-11-20(27(38)39)31-26(37)22(13-17-5-3-2-4-6-17)32-25(36)21(14-18-7-9-19(33)10-8-18)30-24(35)16-29-23(34)15-28/h2-10,20-22,33H,11-16,28H2,1H3,(H,29,34)(H,30,35)(H,31,37)(H,32,36)(H,38,39)/t20-,21-,22-/m0/s1. The van der Waals surface area contributed by atoms with E-state index >= 15 is 0 Å². The van der Waals surface area contributed by atoms with Gasteiger partial charge in [-0.1, -0.05) is 42.5 Å². The van der Waals surface area contributed by atoms with E-state index < -0.39 is 54.3 Å². The lowest BCUT2D eigenvalue weighted by Gasteiger charge is -2.25. The molecular weight excluding hydrogens is 538 g/mol. The lowest BCUT2D eigenvalue weighted by atomic mass is 10.0. The van der Waals surface area contributed by atoms with Crippen LogP contribution in [-0.4, -0.2) is 83.0 Å². The monoisotopic (exact) mass is 573 g/mol. The second kappa shape index (κ2) is 16.8. The predicted molar refractivity (Wildman–Crippen MR) is 150 cm³/mol. The predicted octanol–water partition coefficient (Wildman–Crippen LogP) is -0.456. The van der Waals surface area contributed by atoms with Gasteiger partial charge in [0.2, 0.25) is 23.6 Å². The van der Waals surface area contributed by atoms with E-state index in [1.165, 1.54) is 23.9 Å². The zero-order valence-corrected chi connectivity index (χ0v) is 22.9. The molecule has 0 aromatic heterocycles. The van der Waals surface area contributed by atoms with Gasteiger partial charge in [-0.05, 0) is 41.7 Å². The largest absolute Gasteiger partial charge is 0.508 e. The van der Waals surface area contributed by atoms with Gasteiger partial charge in [0.1, 0.15) is 23.9 Å². The number of carbonyl (C=O) groups is 5. The Balaban J connectivity index is 2.27. The Hall–Kier alpha value is -4.10. The summed E-state index contributed by atoms with van der Waals surface area (Å²) < 4.78 is 0. The molecule has 0 radical (unpaired) electrons. The Morgan fingerprint density at radius 2 is 1.35 bits per heavy atom. The van der Waals surface area contributed by atoms with Crippen molar-refractivity contribution in [1.29, 1.82) is 0 Å². The van der Waals surface area contributed by atoms with Crippen molar-refractivity contribution in [3.8, 4) is 5.75 Å². The third-order valence-corrected chi connectivity index (χ3v) is 6.44. The highest BCUT2D eigenvalue weighted by Crippen LogP contribution is 2.12. The molecule has 3 atom stereocenters. The van der Waals surface area contributed by atoms with E-state index in [0.717, 1.165) is 5.56 Å². The summed E-state index contributed by atoms with van der Waals surface area (Å²) in [7, 11) is 0. The summed E-state index contributed by atoms with van der Waals surface area (Å²) in [6.45, 7) is -0.728. The summed E-state index contributed by atoms with van der Waals surface area (Å²) in [6, 6.07) is 11.4. The molecule has 12 nitrogen and oxygen atoms in total. The van der Waals surface area contributed by atoms with Crippen LogP contribution in [-0.2, 0) is 36.8 Å². The molecule has 0 saturated carbocycles. The number of hydrogen-bond acceptors (Lipinski definition) is 8. The Kier molecular flexibility index (Phi) is 13.5. The molecule has 0 aliphatic rings. The summed E-state index contributed by atoms with van der Waals surface area (Å²) in [6.07, 6.45) is 2.10. The maximum atomic E-state index is 13.5. The van der Waals surface area contributed by atoms with Crippen LogP contribution < -0.4 is 27.0 Å². The molecule has 0 saturated heterocycles. The molecule has 8 N–H and O–H groups in total. The molecule has 0 heterocycles. The highest BCUT2D eigenvalue weighted by molar-refractivity contribution is 7.98. The van der Waals surface area contributed by atoms with Crippen LogP contribution in [0.5, 0.6) is 5.75 Å². The maximum absolute atomic E-state index is 13.5. The van der Waals surface area contributed by atoms with Crippen molar-refractivity contribution in [3.05, 3.63) is 65.7 Å². The van der Waals surface area contributed by atoms with Gasteiger partial charge >= 0.3 is 5.97 Å². The molecule has 4 amide bonds.